The van der Waals surface area contributed by atoms with Gasteiger partial charge in [0, 0.05) is 48.1 Å². The predicted octanol–water partition coefficient (Wildman–Crippen LogP) is 3.97. The first-order chi connectivity index (χ1) is 16.4. The van der Waals surface area contributed by atoms with Gasteiger partial charge in [-0.1, -0.05) is 25.5 Å². The quantitative estimate of drug-likeness (QED) is 0.542. The van der Waals surface area contributed by atoms with Gasteiger partial charge in [-0.25, -0.2) is 4.98 Å². The Balaban J connectivity index is 1.57. The van der Waals surface area contributed by atoms with Crippen LogP contribution < -0.4 is 10.6 Å². The third kappa shape index (κ3) is 5.47. The van der Waals surface area contributed by atoms with Gasteiger partial charge >= 0.3 is 0 Å². The Morgan fingerprint density at radius 2 is 1.85 bits per heavy atom. The zero-order valence-electron chi connectivity index (χ0n) is 20.8. The Morgan fingerprint density at radius 1 is 1.12 bits per heavy atom. The number of anilines is 1. The van der Waals surface area contributed by atoms with Crippen LogP contribution in [0.5, 0.6) is 0 Å². The summed E-state index contributed by atoms with van der Waals surface area (Å²) in [4.78, 5) is 22.3. The van der Waals surface area contributed by atoms with Gasteiger partial charge in [0.15, 0.2) is 0 Å². The average Bonchev–Trinajstić information content (AvgIpc) is 2.86. The summed E-state index contributed by atoms with van der Waals surface area (Å²) in [6.45, 7) is 6.96. The number of carbonyl (C=O) groups excluding carboxylic acids is 1. The SMILES string of the molecule is CN/C(CN1CCCCC1)=C(\C=N)c1ccc2cnc(NC(=O)C3(C)CCN(C)CC3)cc2c1. The number of likely N-dealkylation sites (tertiary alicyclic amines) is 2. The van der Waals surface area contributed by atoms with Crippen LogP contribution in [0.2, 0.25) is 0 Å². The highest BCUT2D eigenvalue weighted by atomic mass is 16.2. The topological polar surface area (TPSA) is 84.4 Å². The van der Waals surface area contributed by atoms with E-state index in [2.05, 4.69) is 51.5 Å². The van der Waals surface area contributed by atoms with Crippen molar-refractivity contribution >= 4 is 34.3 Å². The number of nitrogens with zero attached hydrogens (tertiary/aromatic N) is 3. The minimum absolute atomic E-state index is 0.0441. The number of piperidine rings is 2. The number of pyridine rings is 1. The maximum Gasteiger partial charge on any atom is 0.231 e. The fraction of sp³-hybridized carbons (Fsp3) is 0.519. The molecule has 1 aromatic carbocycles. The van der Waals surface area contributed by atoms with Gasteiger partial charge in [-0.15, -0.1) is 0 Å². The third-order valence-corrected chi connectivity index (χ3v) is 7.51. The number of likely N-dealkylation sites (N-methyl/N-ethyl adjacent to an activating group) is 1. The minimum Gasteiger partial charge on any atom is -0.390 e. The van der Waals surface area contributed by atoms with Gasteiger partial charge in [-0.3, -0.25) is 9.69 Å². The van der Waals surface area contributed by atoms with Crippen LogP contribution >= 0.6 is 0 Å². The zero-order valence-corrected chi connectivity index (χ0v) is 20.8. The molecule has 0 bridgehead atoms. The van der Waals surface area contributed by atoms with Crippen LogP contribution in [-0.2, 0) is 4.79 Å². The molecule has 3 heterocycles. The minimum atomic E-state index is -0.364. The van der Waals surface area contributed by atoms with Crippen molar-refractivity contribution in [3.63, 3.8) is 0 Å². The van der Waals surface area contributed by atoms with E-state index in [-0.39, 0.29) is 11.3 Å². The molecule has 0 spiro atoms. The van der Waals surface area contributed by atoms with E-state index in [1.165, 1.54) is 25.5 Å². The number of hydrogen-bond donors (Lipinski definition) is 3. The van der Waals surface area contributed by atoms with Crippen LogP contribution in [0.4, 0.5) is 5.82 Å². The second-order valence-electron chi connectivity index (χ2n) is 10.1. The smallest absolute Gasteiger partial charge is 0.231 e. The number of fused-ring (bicyclic) bond motifs is 1. The summed E-state index contributed by atoms with van der Waals surface area (Å²) in [5.41, 5.74) is 2.59. The Labute approximate surface area is 203 Å². The lowest BCUT2D eigenvalue weighted by atomic mass is 9.79. The fourth-order valence-corrected chi connectivity index (χ4v) is 4.97. The first-order valence-corrected chi connectivity index (χ1v) is 12.5. The summed E-state index contributed by atoms with van der Waals surface area (Å²) in [5, 5.41) is 16.5. The van der Waals surface area contributed by atoms with Crippen molar-refractivity contribution in [2.75, 3.05) is 52.1 Å². The van der Waals surface area contributed by atoms with E-state index in [1.807, 2.05) is 25.4 Å². The predicted molar refractivity (Wildman–Crippen MR) is 140 cm³/mol. The lowest BCUT2D eigenvalue weighted by molar-refractivity contribution is -0.127. The maximum absolute atomic E-state index is 13.1. The molecule has 2 saturated heterocycles. The zero-order chi connectivity index (χ0) is 24.1. The van der Waals surface area contributed by atoms with Gasteiger partial charge in [-0.2, -0.15) is 0 Å². The number of aromatic nitrogens is 1. The molecule has 7 nitrogen and oxygen atoms in total. The first-order valence-electron chi connectivity index (χ1n) is 12.5. The molecule has 0 radical (unpaired) electrons. The highest BCUT2D eigenvalue weighted by molar-refractivity contribution is 6.10. The molecule has 0 aliphatic carbocycles. The van der Waals surface area contributed by atoms with E-state index in [9.17, 15) is 4.79 Å². The van der Waals surface area contributed by atoms with Crippen molar-refractivity contribution in [3.05, 3.63) is 41.7 Å². The molecular weight excluding hydrogens is 424 g/mol. The number of carbonyl (C=O) groups is 1. The van der Waals surface area contributed by atoms with E-state index in [1.54, 1.807) is 0 Å². The molecule has 1 aromatic heterocycles. The van der Waals surface area contributed by atoms with Gasteiger partial charge in [0.25, 0.3) is 0 Å². The second-order valence-corrected chi connectivity index (χ2v) is 10.1. The van der Waals surface area contributed by atoms with Crippen LogP contribution in [0, 0.1) is 10.8 Å². The van der Waals surface area contributed by atoms with Crippen molar-refractivity contribution in [1.82, 2.24) is 20.1 Å². The summed E-state index contributed by atoms with van der Waals surface area (Å²) >= 11 is 0. The Bertz CT molecular complexity index is 1060. The highest BCUT2D eigenvalue weighted by Crippen LogP contribution is 2.32. The standard InChI is InChI=1S/C27H38N6O/c1-27(9-13-32(3)14-10-27)26(34)31-25-16-22-15-20(7-8-21(22)18-30-25)23(17-28)24(29-2)19-33-11-5-4-6-12-33/h7-8,15-18,28-29H,4-6,9-14,19H2,1-3H3,(H,30,31,34)/b24-23+,28-17?. The molecule has 3 N–H and O–H groups in total. The molecule has 0 unspecified atom stereocenters. The van der Waals surface area contributed by atoms with Crippen LogP contribution in [0.3, 0.4) is 0 Å². The van der Waals surface area contributed by atoms with E-state index in [4.69, 9.17) is 5.41 Å². The Morgan fingerprint density at radius 3 is 2.53 bits per heavy atom. The molecule has 0 saturated carbocycles. The first kappa shape index (κ1) is 24.4. The molecule has 34 heavy (non-hydrogen) atoms. The molecule has 1 amide bonds. The number of rotatable bonds is 7. The lowest BCUT2D eigenvalue weighted by Gasteiger charge is -2.36. The van der Waals surface area contributed by atoms with Crippen molar-refractivity contribution in [2.45, 2.75) is 39.0 Å². The van der Waals surface area contributed by atoms with Crippen molar-refractivity contribution in [3.8, 4) is 0 Å². The van der Waals surface area contributed by atoms with Gasteiger partial charge in [-0.05, 0) is 82.0 Å². The second kappa shape index (κ2) is 10.7. The molecule has 2 aromatic rings. The van der Waals surface area contributed by atoms with Gasteiger partial charge in [0.05, 0.1) is 0 Å². The van der Waals surface area contributed by atoms with Crippen molar-refractivity contribution < 1.29 is 4.79 Å². The van der Waals surface area contributed by atoms with Crippen LogP contribution in [-0.4, -0.2) is 73.7 Å². The van der Waals surface area contributed by atoms with Crippen molar-refractivity contribution in [1.29, 1.82) is 5.41 Å². The Kier molecular flexibility index (Phi) is 7.63. The summed E-state index contributed by atoms with van der Waals surface area (Å²) in [6.07, 6.45) is 8.75. The van der Waals surface area contributed by atoms with Crippen LogP contribution in [0.25, 0.3) is 16.3 Å². The van der Waals surface area contributed by atoms with Gasteiger partial charge in [0.2, 0.25) is 5.91 Å². The third-order valence-electron chi connectivity index (χ3n) is 7.51. The summed E-state index contributed by atoms with van der Waals surface area (Å²) in [6, 6.07) is 8.13. The number of benzene rings is 1. The molecular formula is C27H38N6O. The van der Waals surface area contributed by atoms with E-state index >= 15 is 0 Å². The monoisotopic (exact) mass is 462 g/mol. The average molecular weight is 463 g/mol. The summed E-state index contributed by atoms with van der Waals surface area (Å²) < 4.78 is 0. The van der Waals surface area contributed by atoms with Crippen molar-refractivity contribution in [2.24, 2.45) is 5.41 Å². The van der Waals surface area contributed by atoms with E-state index < -0.39 is 0 Å². The Hall–Kier alpha value is -2.77. The largest absolute Gasteiger partial charge is 0.390 e. The number of hydrogen-bond acceptors (Lipinski definition) is 6. The van der Waals surface area contributed by atoms with Gasteiger partial charge < -0.3 is 20.9 Å². The molecule has 2 aliphatic rings. The fourth-order valence-electron chi connectivity index (χ4n) is 4.97. The lowest BCUT2D eigenvalue weighted by Crippen LogP contribution is -2.43. The molecule has 0 atom stereocenters. The van der Waals surface area contributed by atoms with Crippen LogP contribution in [0.1, 0.15) is 44.6 Å². The molecule has 2 aliphatic heterocycles. The summed E-state index contributed by atoms with van der Waals surface area (Å²) in [5.74, 6) is 0.625. The molecule has 7 heteroatoms. The van der Waals surface area contributed by atoms with E-state index in [0.29, 0.717) is 5.82 Å². The summed E-state index contributed by atoms with van der Waals surface area (Å²) in [7, 11) is 4.04. The highest BCUT2D eigenvalue weighted by Gasteiger charge is 2.36. The van der Waals surface area contributed by atoms with Crippen LogP contribution in [0.15, 0.2) is 36.2 Å². The molecule has 4 rings (SSSR count). The number of amides is 1. The molecule has 2 fully saturated rings. The molecule has 182 valence electrons. The van der Waals surface area contributed by atoms with E-state index in [0.717, 1.165) is 73.2 Å². The number of allylic oxidation sites excluding steroid dienone is 1. The maximum atomic E-state index is 13.1. The van der Waals surface area contributed by atoms with Gasteiger partial charge in [0.1, 0.15) is 5.82 Å². The normalized spacial score (nSPS) is 20.0. The number of nitrogens with one attached hydrogen (secondary N) is 3.